The molecule has 1 rings (SSSR count). The fourth-order valence-electron chi connectivity index (χ4n) is 1.75. The number of hydrogen-bond acceptors (Lipinski definition) is 3. The fraction of sp³-hybridized carbons (Fsp3) is 0.462. The molecule has 7 heteroatoms. The third-order valence-electron chi connectivity index (χ3n) is 2.72. The van der Waals surface area contributed by atoms with Crippen LogP contribution in [0.25, 0.3) is 0 Å². The molecule has 112 valence electrons. The highest BCUT2D eigenvalue weighted by Gasteiger charge is 2.26. The molecule has 0 spiro atoms. The van der Waals surface area contributed by atoms with Crippen LogP contribution in [-0.4, -0.2) is 37.0 Å². The lowest BCUT2D eigenvalue weighted by Crippen LogP contribution is -2.51. The molecule has 1 unspecified atom stereocenters. The number of amides is 2. The maximum absolute atomic E-state index is 12.9. The van der Waals surface area contributed by atoms with Crippen molar-refractivity contribution in [1.29, 1.82) is 0 Å². The summed E-state index contributed by atoms with van der Waals surface area (Å²) in [5.74, 6) is -0.481. The number of methoxy groups -OCH3 is 1. The summed E-state index contributed by atoms with van der Waals surface area (Å²) in [6.45, 7) is 1.91. The van der Waals surface area contributed by atoms with Crippen LogP contribution in [0, 0.1) is 5.82 Å². The van der Waals surface area contributed by atoms with Gasteiger partial charge in [0, 0.05) is 13.7 Å². The predicted octanol–water partition coefficient (Wildman–Crippen LogP) is 2.39. The van der Waals surface area contributed by atoms with Crippen LogP contribution >= 0.6 is 11.6 Å². The molecule has 0 heterocycles. The van der Waals surface area contributed by atoms with Gasteiger partial charge in [0.25, 0.3) is 0 Å². The van der Waals surface area contributed by atoms with Gasteiger partial charge in [0.15, 0.2) is 0 Å². The first-order valence-electron chi connectivity index (χ1n) is 6.04. The number of anilines is 1. The molecule has 0 aliphatic heterocycles. The van der Waals surface area contributed by atoms with E-state index < -0.39 is 17.4 Å². The molecule has 0 saturated heterocycles. The Kier molecular flexibility index (Phi) is 6.19. The van der Waals surface area contributed by atoms with Gasteiger partial charge in [-0.3, -0.25) is 0 Å². The van der Waals surface area contributed by atoms with Crippen LogP contribution in [0.5, 0.6) is 0 Å². The van der Waals surface area contributed by atoms with Crippen LogP contribution in [0.15, 0.2) is 18.2 Å². The summed E-state index contributed by atoms with van der Waals surface area (Å²) in [5, 5.41) is 14.3. The summed E-state index contributed by atoms with van der Waals surface area (Å²) < 4.78 is 17.9. The van der Waals surface area contributed by atoms with E-state index in [2.05, 4.69) is 10.6 Å². The second-order valence-corrected chi connectivity index (χ2v) is 5.08. The molecule has 3 N–H and O–H groups in total. The van der Waals surface area contributed by atoms with Crippen molar-refractivity contribution in [1.82, 2.24) is 5.32 Å². The van der Waals surface area contributed by atoms with Gasteiger partial charge in [-0.05, 0) is 31.5 Å². The minimum absolute atomic E-state index is 0.0859. The molecule has 1 aromatic rings. The molecule has 20 heavy (non-hydrogen) atoms. The SMILES string of the molecule is COCC(C)(CCO)NC(=O)Nc1ccc(F)cc1Cl. The average Bonchev–Trinajstić information content (AvgIpc) is 2.33. The Morgan fingerprint density at radius 1 is 1.55 bits per heavy atom. The number of carbonyl (C=O) groups is 1. The average molecular weight is 305 g/mol. The van der Waals surface area contributed by atoms with Crippen molar-refractivity contribution in [3.05, 3.63) is 29.0 Å². The first-order chi connectivity index (χ1) is 9.40. The van der Waals surface area contributed by atoms with Gasteiger partial charge in [-0.1, -0.05) is 11.6 Å². The van der Waals surface area contributed by atoms with Gasteiger partial charge in [-0.25, -0.2) is 9.18 Å². The second kappa shape index (κ2) is 7.42. The number of benzene rings is 1. The summed E-state index contributed by atoms with van der Waals surface area (Å²) in [6.07, 6.45) is 0.339. The summed E-state index contributed by atoms with van der Waals surface area (Å²) in [7, 11) is 1.51. The number of halogens is 2. The number of aliphatic hydroxyl groups is 1. The van der Waals surface area contributed by atoms with E-state index in [-0.39, 0.29) is 18.2 Å². The van der Waals surface area contributed by atoms with Gasteiger partial charge in [0.2, 0.25) is 0 Å². The van der Waals surface area contributed by atoms with Gasteiger partial charge >= 0.3 is 6.03 Å². The maximum Gasteiger partial charge on any atom is 0.319 e. The zero-order valence-corrected chi connectivity index (χ0v) is 12.1. The van der Waals surface area contributed by atoms with Crippen LogP contribution in [-0.2, 0) is 4.74 Å². The fourth-order valence-corrected chi connectivity index (χ4v) is 1.97. The molecule has 0 aliphatic rings. The smallest absolute Gasteiger partial charge is 0.319 e. The van der Waals surface area contributed by atoms with Crippen molar-refractivity contribution in [2.24, 2.45) is 0 Å². The van der Waals surface area contributed by atoms with Crippen molar-refractivity contribution in [3.63, 3.8) is 0 Å². The maximum atomic E-state index is 12.9. The lowest BCUT2D eigenvalue weighted by molar-refractivity contribution is 0.104. The molecule has 0 bridgehead atoms. The van der Waals surface area contributed by atoms with Gasteiger partial charge < -0.3 is 20.5 Å². The van der Waals surface area contributed by atoms with Crippen molar-refractivity contribution in [2.75, 3.05) is 25.6 Å². The highest BCUT2D eigenvalue weighted by molar-refractivity contribution is 6.33. The largest absolute Gasteiger partial charge is 0.396 e. The number of urea groups is 1. The number of aliphatic hydroxyl groups excluding tert-OH is 1. The molecule has 1 aromatic carbocycles. The Morgan fingerprint density at radius 3 is 2.80 bits per heavy atom. The topological polar surface area (TPSA) is 70.6 Å². The molecule has 5 nitrogen and oxygen atoms in total. The van der Waals surface area contributed by atoms with Gasteiger partial charge in [0.05, 0.1) is 22.9 Å². The minimum atomic E-state index is -0.708. The summed E-state index contributed by atoms with van der Waals surface area (Å²) in [4.78, 5) is 11.9. The third-order valence-corrected chi connectivity index (χ3v) is 3.03. The van der Waals surface area contributed by atoms with E-state index in [9.17, 15) is 9.18 Å². The van der Waals surface area contributed by atoms with Gasteiger partial charge in [-0.2, -0.15) is 0 Å². The Balaban J connectivity index is 2.70. The van der Waals surface area contributed by atoms with Gasteiger partial charge in [0.1, 0.15) is 5.82 Å². The minimum Gasteiger partial charge on any atom is -0.396 e. The number of carbonyl (C=O) groups excluding carboxylic acids is 1. The monoisotopic (exact) mass is 304 g/mol. The quantitative estimate of drug-likeness (QED) is 0.756. The molecule has 0 saturated carbocycles. The van der Waals surface area contributed by atoms with E-state index in [1.165, 1.54) is 19.2 Å². The van der Waals surface area contributed by atoms with Crippen molar-refractivity contribution in [3.8, 4) is 0 Å². The lowest BCUT2D eigenvalue weighted by Gasteiger charge is -2.29. The Labute approximate surface area is 122 Å². The lowest BCUT2D eigenvalue weighted by atomic mass is 10.00. The molecule has 0 aromatic heterocycles. The highest BCUT2D eigenvalue weighted by Crippen LogP contribution is 2.22. The Morgan fingerprint density at radius 2 is 2.25 bits per heavy atom. The second-order valence-electron chi connectivity index (χ2n) is 4.67. The van der Waals surface area contributed by atoms with Crippen molar-refractivity contribution in [2.45, 2.75) is 18.9 Å². The molecule has 0 aliphatic carbocycles. The van der Waals surface area contributed by atoms with Crippen LogP contribution in [0.2, 0.25) is 5.02 Å². The standard InChI is InChI=1S/C13H18ClFN2O3/c1-13(5-6-18,8-20-2)17-12(19)16-11-4-3-9(15)7-10(11)14/h3-4,7,18H,5-6,8H2,1-2H3,(H2,16,17,19). The number of hydrogen-bond donors (Lipinski definition) is 3. The van der Waals surface area contributed by atoms with E-state index >= 15 is 0 Å². The number of ether oxygens (including phenoxy) is 1. The van der Waals surface area contributed by atoms with Crippen molar-refractivity contribution < 1.29 is 19.0 Å². The van der Waals surface area contributed by atoms with Crippen LogP contribution < -0.4 is 10.6 Å². The van der Waals surface area contributed by atoms with Crippen LogP contribution in [0.4, 0.5) is 14.9 Å². The first-order valence-corrected chi connectivity index (χ1v) is 6.42. The molecular weight excluding hydrogens is 287 g/mol. The summed E-state index contributed by atoms with van der Waals surface area (Å²) in [5.41, 5.74) is -0.408. The predicted molar refractivity (Wildman–Crippen MR) is 75.5 cm³/mol. The highest BCUT2D eigenvalue weighted by atomic mass is 35.5. The summed E-state index contributed by atoms with van der Waals surface area (Å²) in [6, 6.07) is 3.17. The van der Waals surface area contributed by atoms with Crippen LogP contribution in [0.3, 0.4) is 0 Å². The Bertz CT molecular complexity index is 465. The molecule has 0 radical (unpaired) electrons. The molecule has 1 atom stereocenters. The van der Waals surface area contributed by atoms with Crippen LogP contribution in [0.1, 0.15) is 13.3 Å². The van der Waals surface area contributed by atoms with E-state index in [0.717, 1.165) is 6.07 Å². The zero-order valence-electron chi connectivity index (χ0n) is 11.4. The van der Waals surface area contributed by atoms with E-state index in [1.54, 1.807) is 6.92 Å². The summed E-state index contributed by atoms with van der Waals surface area (Å²) >= 11 is 5.82. The first kappa shape index (κ1) is 16.7. The third kappa shape index (κ3) is 4.96. The normalized spacial score (nSPS) is 13.7. The van der Waals surface area contributed by atoms with E-state index in [0.29, 0.717) is 12.1 Å². The van der Waals surface area contributed by atoms with Gasteiger partial charge in [-0.15, -0.1) is 0 Å². The van der Waals surface area contributed by atoms with E-state index in [1.807, 2.05) is 0 Å². The number of nitrogens with one attached hydrogen (secondary N) is 2. The Hall–Kier alpha value is -1.37. The van der Waals surface area contributed by atoms with E-state index in [4.69, 9.17) is 21.4 Å². The molecule has 2 amide bonds. The zero-order chi connectivity index (χ0) is 15.2. The number of rotatable bonds is 6. The molecular formula is C13H18ClFN2O3. The van der Waals surface area contributed by atoms with Crippen molar-refractivity contribution >= 4 is 23.3 Å². The molecule has 0 fully saturated rings.